The van der Waals surface area contributed by atoms with Crippen LogP contribution in [0.15, 0.2) is 53.9 Å². The van der Waals surface area contributed by atoms with E-state index in [0.717, 1.165) is 11.3 Å². The lowest BCUT2D eigenvalue weighted by atomic mass is 10.2. The number of hydrogen-bond donors (Lipinski definition) is 1. The van der Waals surface area contributed by atoms with E-state index >= 15 is 0 Å². The molecule has 130 valence electrons. The minimum Gasteiger partial charge on any atom is -0.325 e. The van der Waals surface area contributed by atoms with E-state index < -0.39 is 0 Å². The molecule has 0 atom stereocenters. The van der Waals surface area contributed by atoms with Crippen LogP contribution in [0.1, 0.15) is 11.1 Å². The van der Waals surface area contributed by atoms with Crippen LogP contribution in [0.25, 0.3) is 5.69 Å². The van der Waals surface area contributed by atoms with Crippen molar-refractivity contribution >= 4 is 35.0 Å². The molecule has 0 unspecified atom stereocenters. The maximum absolute atomic E-state index is 12.2. The van der Waals surface area contributed by atoms with Crippen LogP contribution in [0, 0.1) is 19.3 Å². The Morgan fingerprint density at radius 2 is 2.19 bits per heavy atom. The average molecular weight is 383 g/mol. The standard InChI is InChI=1S/C19H15ClN4OS/c1-3-14-5-4-6-15(9-14)22-18(25)11-26-19-23-21-12-24(19)16-8-7-13(2)17(20)10-16/h1,4-10,12H,11H2,2H3,(H,22,25). The molecule has 7 heteroatoms. The van der Waals surface area contributed by atoms with Crippen molar-refractivity contribution in [3.05, 3.63) is 64.9 Å². The number of aromatic nitrogens is 3. The van der Waals surface area contributed by atoms with Gasteiger partial charge in [-0.15, -0.1) is 16.6 Å². The molecule has 0 aliphatic carbocycles. The summed E-state index contributed by atoms with van der Waals surface area (Å²) in [6, 6.07) is 12.8. The molecule has 1 heterocycles. The van der Waals surface area contributed by atoms with Crippen LogP contribution in [0.3, 0.4) is 0 Å². The summed E-state index contributed by atoms with van der Waals surface area (Å²) >= 11 is 7.48. The van der Waals surface area contributed by atoms with Crippen LogP contribution >= 0.6 is 23.4 Å². The van der Waals surface area contributed by atoms with Crippen molar-refractivity contribution in [3.63, 3.8) is 0 Å². The topological polar surface area (TPSA) is 59.8 Å². The maximum Gasteiger partial charge on any atom is 0.234 e. The quantitative estimate of drug-likeness (QED) is 0.536. The van der Waals surface area contributed by atoms with Crippen molar-refractivity contribution in [2.45, 2.75) is 12.1 Å². The minimum absolute atomic E-state index is 0.152. The van der Waals surface area contributed by atoms with Gasteiger partial charge in [0, 0.05) is 16.3 Å². The number of terminal acetylenes is 1. The molecule has 26 heavy (non-hydrogen) atoms. The molecular formula is C19H15ClN4OS. The van der Waals surface area contributed by atoms with Gasteiger partial charge < -0.3 is 5.32 Å². The number of carbonyl (C=O) groups excluding carboxylic acids is 1. The smallest absolute Gasteiger partial charge is 0.234 e. The highest BCUT2D eigenvalue weighted by Gasteiger charge is 2.11. The number of halogens is 1. The molecule has 3 aromatic rings. The van der Waals surface area contributed by atoms with Crippen LogP contribution in [0.2, 0.25) is 5.02 Å². The highest BCUT2D eigenvalue weighted by atomic mass is 35.5. The van der Waals surface area contributed by atoms with Crippen molar-refractivity contribution in [1.82, 2.24) is 14.8 Å². The van der Waals surface area contributed by atoms with Crippen LogP contribution < -0.4 is 5.32 Å². The number of rotatable bonds is 5. The first-order valence-electron chi connectivity index (χ1n) is 7.72. The minimum atomic E-state index is -0.152. The summed E-state index contributed by atoms with van der Waals surface area (Å²) in [5, 5.41) is 12.1. The second kappa shape index (κ2) is 8.09. The lowest BCUT2D eigenvalue weighted by Gasteiger charge is -2.08. The summed E-state index contributed by atoms with van der Waals surface area (Å²) in [7, 11) is 0. The van der Waals surface area contributed by atoms with E-state index in [4.69, 9.17) is 18.0 Å². The fourth-order valence-electron chi connectivity index (χ4n) is 2.25. The van der Waals surface area contributed by atoms with Crippen LogP contribution in [0.4, 0.5) is 5.69 Å². The SMILES string of the molecule is C#Cc1cccc(NC(=O)CSc2nncn2-c2ccc(C)c(Cl)c2)c1. The number of aryl methyl sites for hydroxylation is 1. The van der Waals surface area contributed by atoms with Gasteiger partial charge >= 0.3 is 0 Å². The zero-order valence-electron chi connectivity index (χ0n) is 13.9. The predicted octanol–water partition coefficient (Wildman–Crippen LogP) is 3.94. The van der Waals surface area contributed by atoms with Gasteiger partial charge in [-0.2, -0.15) is 0 Å². The van der Waals surface area contributed by atoms with E-state index in [-0.39, 0.29) is 11.7 Å². The Morgan fingerprint density at radius 1 is 1.35 bits per heavy atom. The molecular weight excluding hydrogens is 368 g/mol. The second-order valence-electron chi connectivity index (χ2n) is 5.48. The summed E-state index contributed by atoms with van der Waals surface area (Å²) in [6.07, 6.45) is 6.96. The Kier molecular flexibility index (Phi) is 5.61. The van der Waals surface area contributed by atoms with E-state index in [0.29, 0.717) is 21.4 Å². The second-order valence-corrected chi connectivity index (χ2v) is 6.83. The first kappa shape index (κ1) is 18.1. The van der Waals surface area contributed by atoms with Crippen molar-refractivity contribution in [2.75, 3.05) is 11.1 Å². The van der Waals surface area contributed by atoms with E-state index in [9.17, 15) is 4.79 Å². The molecule has 0 aliphatic rings. The maximum atomic E-state index is 12.2. The predicted molar refractivity (Wildman–Crippen MR) is 105 cm³/mol. The zero-order valence-corrected chi connectivity index (χ0v) is 15.5. The molecule has 2 aromatic carbocycles. The highest BCUT2D eigenvalue weighted by Crippen LogP contribution is 2.24. The molecule has 0 fully saturated rings. The molecule has 0 saturated carbocycles. The summed E-state index contributed by atoms with van der Waals surface area (Å²) in [6.45, 7) is 1.94. The Balaban J connectivity index is 1.67. The van der Waals surface area contributed by atoms with E-state index in [1.165, 1.54) is 11.8 Å². The summed E-state index contributed by atoms with van der Waals surface area (Å²) < 4.78 is 1.79. The van der Waals surface area contributed by atoms with Gasteiger partial charge in [0.15, 0.2) is 5.16 Å². The van der Waals surface area contributed by atoms with Gasteiger partial charge in [-0.05, 0) is 42.8 Å². The van der Waals surface area contributed by atoms with Gasteiger partial charge in [0.25, 0.3) is 0 Å². The number of amides is 1. The van der Waals surface area contributed by atoms with Gasteiger partial charge in [-0.1, -0.05) is 41.4 Å². The molecule has 0 radical (unpaired) electrons. The lowest BCUT2D eigenvalue weighted by molar-refractivity contribution is -0.113. The van der Waals surface area contributed by atoms with E-state index in [2.05, 4.69) is 21.4 Å². The van der Waals surface area contributed by atoms with Crippen LogP contribution in [0.5, 0.6) is 0 Å². The van der Waals surface area contributed by atoms with Crippen molar-refractivity contribution in [1.29, 1.82) is 0 Å². The molecule has 3 rings (SSSR count). The monoisotopic (exact) mass is 382 g/mol. The fourth-order valence-corrected chi connectivity index (χ4v) is 3.15. The lowest BCUT2D eigenvalue weighted by Crippen LogP contribution is -2.14. The number of carbonyl (C=O) groups is 1. The number of thioether (sulfide) groups is 1. The Hall–Kier alpha value is -2.75. The molecule has 1 aromatic heterocycles. The van der Waals surface area contributed by atoms with Crippen LogP contribution in [-0.4, -0.2) is 26.4 Å². The number of anilines is 1. The first-order valence-corrected chi connectivity index (χ1v) is 9.09. The van der Waals surface area contributed by atoms with Crippen molar-refractivity contribution in [3.8, 4) is 18.0 Å². The van der Waals surface area contributed by atoms with Gasteiger partial charge in [0.05, 0.1) is 11.4 Å². The van der Waals surface area contributed by atoms with E-state index in [1.54, 1.807) is 35.2 Å². The Morgan fingerprint density at radius 3 is 2.96 bits per heavy atom. The molecule has 0 aliphatic heterocycles. The van der Waals surface area contributed by atoms with Crippen molar-refractivity contribution < 1.29 is 4.79 Å². The normalized spacial score (nSPS) is 10.3. The zero-order chi connectivity index (χ0) is 18.5. The summed E-state index contributed by atoms with van der Waals surface area (Å²) in [5.41, 5.74) is 3.21. The van der Waals surface area contributed by atoms with Crippen LogP contribution in [-0.2, 0) is 4.79 Å². The molecule has 0 bridgehead atoms. The summed E-state index contributed by atoms with van der Waals surface area (Å²) in [4.78, 5) is 12.2. The van der Waals surface area contributed by atoms with E-state index in [1.807, 2.05) is 25.1 Å². The highest BCUT2D eigenvalue weighted by molar-refractivity contribution is 7.99. The fraction of sp³-hybridized carbons (Fsp3) is 0.105. The summed E-state index contributed by atoms with van der Waals surface area (Å²) in [5.74, 6) is 2.58. The molecule has 1 amide bonds. The molecule has 0 saturated heterocycles. The molecule has 0 spiro atoms. The third-order valence-electron chi connectivity index (χ3n) is 3.60. The Labute approximate surface area is 160 Å². The van der Waals surface area contributed by atoms with Gasteiger partial charge in [0.1, 0.15) is 6.33 Å². The third kappa shape index (κ3) is 4.26. The van der Waals surface area contributed by atoms with Gasteiger partial charge in [0.2, 0.25) is 5.91 Å². The number of nitrogens with one attached hydrogen (secondary N) is 1. The van der Waals surface area contributed by atoms with Gasteiger partial charge in [-0.3, -0.25) is 9.36 Å². The average Bonchev–Trinajstić information content (AvgIpc) is 3.11. The third-order valence-corrected chi connectivity index (χ3v) is 4.95. The number of hydrogen-bond acceptors (Lipinski definition) is 4. The molecule has 5 nitrogen and oxygen atoms in total. The number of benzene rings is 2. The largest absolute Gasteiger partial charge is 0.325 e. The van der Waals surface area contributed by atoms with Gasteiger partial charge in [-0.25, -0.2) is 0 Å². The Bertz CT molecular complexity index is 993. The first-order chi connectivity index (χ1) is 12.6. The number of nitrogens with zero attached hydrogens (tertiary/aromatic N) is 3. The molecule has 1 N–H and O–H groups in total. The van der Waals surface area contributed by atoms with Crippen molar-refractivity contribution in [2.24, 2.45) is 0 Å².